The van der Waals surface area contributed by atoms with Crippen molar-refractivity contribution in [3.05, 3.63) is 23.8 Å². The molecule has 1 aromatic rings. The molecule has 6 nitrogen and oxygen atoms in total. The van der Waals surface area contributed by atoms with Gasteiger partial charge in [-0.25, -0.2) is 0 Å². The van der Waals surface area contributed by atoms with E-state index in [0.29, 0.717) is 24.7 Å². The second kappa shape index (κ2) is 7.40. The number of amides is 1. The number of carbonyl (C=O) groups is 1. The van der Waals surface area contributed by atoms with Crippen molar-refractivity contribution in [1.82, 2.24) is 9.80 Å². The smallest absolute Gasteiger partial charge is 0.227 e. The molecule has 0 saturated carbocycles. The van der Waals surface area contributed by atoms with Crippen molar-refractivity contribution in [3.8, 4) is 11.5 Å². The lowest BCUT2D eigenvalue weighted by atomic mass is 10.1. The van der Waals surface area contributed by atoms with Gasteiger partial charge in [0.25, 0.3) is 0 Å². The number of hydrogen-bond acceptors (Lipinski definition) is 5. The van der Waals surface area contributed by atoms with Crippen molar-refractivity contribution < 1.29 is 19.0 Å². The van der Waals surface area contributed by atoms with Crippen LogP contribution in [0.2, 0.25) is 0 Å². The highest BCUT2D eigenvalue weighted by Crippen LogP contribution is 2.26. The summed E-state index contributed by atoms with van der Waals surface area (Å²) in [5.74, 6) is 1.94. The number of methoxy groups -OCH3 is 2. The lowest BCUT2D eigenvalue weighted by Crippen LogP contribution is -2.45. The minimum atomic E-state index is 0.144. The number of ether oxygens (including phenoxy) is 3. The average Bonchev–Trinajstić information content (AvgIpc) is 2.83. The Morgan fingerprint density at radius 1 is 1.21 bits per heavy atom. The maximum absolute atomic E-state index is 12.9. The molecule has 1 amide bonds. The monoisotopic (exact) mass is 334 g/mol. The van der Waals surface area contributed by atoms with Gasteiger partial charge in [0.15, 0.2) is 0 Å². The van der Waals surface area contributed by atoms with Crippen LogP contribution in [0.25, 0.3) is 0 Å². The molecule has 0 spiro atoms. The molecule has 132 valence electrons. The zero-order valence-corrected chi connectivity index (χ0v) is 14.7. The van der Waals surface area contributed by atoms with Gasteiger partial charge in [-0.1, -0.05) is 6.07 Å². The minimum absolute atomic E-state index is 0.144. The lowest BCUT2D eigenvalue weighted by molar-refractivity contribution is -0.132. The summed E-state index contributed by atoms with van der Waals surface area (Å²) in [5, 5.41) is 0. The third-order valence-electron chi connectivity index (χ3n) is 4.93. The van der Waals surface area contributed by atoms with Gasteiger partial charge in [-0.2, -0.15) is 0 Å². The maximum Gasteiger partial charge on any atom is 0.227 e. The first-order chi connectivity index (χ1) is 11.6. The molecule has 2 fully saturated rings. The Labute approximate surface area is 143 Å². The van der Waals surface area contributed by atoms with E-state index in [9.17, 15) is 4.79 Å². The summed E-state index contributed by atoms with van der Waals surface area (Å²) in [6.45, 7) is 3.90. The maximum atomic E-state index is 12.9. The zero-order chi connectivity index (χ0) is 17.1. The molecule has 6 heteroatoms. The number of rotatable bonds is 4. The van der Waals surface area contributed by atoms with Crippen molar-refractivity contribution in [2.45, 2.75) is 12.5 Å². The predicted octanol–water partition coefficient (Wildman–Crippen LogP) is 1.04. The summed E-state index contributed by atoms with van der Waals surface area (Å²) in [6, 6.07) is 5.87. The number of fused-ring (bicyclic) bond motifs is 3. The average molecular weight is 334 g/mol. The quantitative estimate of drug-likeness (QED) is 0.823. The Morgan fingerprint density at radius 3 is 2.79 bits per heavy atom. The Morgan fingerprint density at radius 2 is 2.04 bits per heavy atom. The molecule has 0 aliphatic carbocycles. The van der Waals surface area contributed by atoms with Gasteiger partial charge < -0.3 is 19.1 Å². The molecule has 0 unspecified atom stereocenters. The number of hydrogen-bond donors (Lipinski definition) is 0. The largest absolute Gasteiger partial charge is 0.497 e. The Balaban J connectivity index is 1.73. The van der Waals surface area contributed by atoms with Gasteiger partial charge in [-0.05, 0) is 13.1 Å². The fourth-order valence-corrected chi connectivity index (χ4v) is 3.53. The molecule has 0 aromatic heterocycles. The molecule has 3 rings (SSSR count). The number of benzene rings is 1. The minimum Gasteiger partial charge on any atom is -0.497 e. The van der Waals surface area contributed by atoms with Crippen molar-refractivity contribution in [2.75, 3.05) is 54.1 Å². The second-order valence-electron chi connectivity index (χ2n) is 6.65. The summed E-state index contributed by atoms with van der Waals surface area (Å²) in [5.41, 5.74) is 0.891. The van der Waals surface area contributed by atoms with Gasteiger partial charge >= 0.3 is 0 Å². The second-order valence-corrected chi connectivity index (χ2v) is 6.65. The molecule has 2 aliphatic heterocycles. The van der Waals surface area contributed by atoms with Crippen LogP contribution in [0.15, 0.2) is 18.2 Å². The van der Waals surface area contributed by atoms with Crippen molar-refractivity contribution >= 4 is 5.91 Å². The van der Waals surface area contributed by atoms with Crippen LogP contribution in [-0.4, -0.2) is 75.9 Å². The summed E-state index contributed by atoms with van der Waals surface area (Å²) in [6.07, 6.45) is 0.344. The summed E-state index contributed by atoms with van der Waals surface area (Å²) < 4.78 is 16.4. The van der Waals surface area contributed by atoms with Gasteiger partial charge in [0.1, 0.15) is 11.5 Å². The fourth-order valence-electron chi connectivity index (χ4n) is 3.53. The first-order valence-corrected chi connectivity index (χ1v) is 8.37. The van der Waals surface area contributed by atoms with Crippen LogP contribution >= 0.6 is 0 Å². The van der Waals surface area contributed by atoms with Crippen LogP contribution in [-0.2, 0) is 16.0 Å². The van der Waals surface area contributed by atoms with Crippen molar-refractivity contribution in [3.63, 3.8) is 0 Å². The van der Waals surface area contributed by atoms with Crippen molar-refractivity contribution in [1.29, 1.82) is 0 Å². The highest BCUT2D eigenvalue weighted by molar-refractivity contribution is 5.79. The Bertz CT molecular complexity index is 592. The first-order valence-electron chi connectivity index (χ1n) is 8.37. The van der Waals surface area contributed by atoms with Gasteiger partial charge in [-0.3, -0.25) is 9.69 Å². The molecule has 24 heavy (non-hydrogen) atoms. The van der Waals surface area contributed by atoms with Crippen molar-refractivity contribution in [2.24, 2.45) is 5.92 Å². The van der Waals surface area contributed by atoms with E-state index in [-0.39, 0.29) is 11.9 Å². The normalized spacial score (nSPS) is 24.4. The van der Waals surface area contributed by atoms with Crippen LogP contribution in [0.3, 0.4) is 0 Å². The van der Waals surface area contributed by atoms with E-state index in [4.69, 9.17) is 14.2 Å². The molecular weight excluding hydrogens is 308 g/mol. The van der Waals surface area contributed by atoms with E-state index in [0.717, 1.165) is 37.6 Å². The van der Waals surface area contributed by atoms with Gasteiger partial charge in [0.05, 0.1) is 39.9 Å². The van der Waals surface area contributed by atoms with Crippen LogP contribution in [0, 0.1) is 5.92 Å². The Kier molecular flexibility index (Phi) is 5.26. The fraction of sp³-hybridized carbons (Fsp3) is 0.611. The van der Waals surface area contributed by atoms with E-state index in [1.54, 1.807) is 14.2 Å². The molecule has 2 atom stereocenters. The standard InChI is InChI=1S/C18H26N2O4/c1-19-8-13-9-20(10-15(19)12-24-11-13)18(21)6-14-4-5-16(22-2)7-17(14)23-3/h4-5,7,13,15H,6,8-12H2,1-3H3/t13-,15+/m1/s1. The molecule has 2 saturated heterocycles. The molecule has 2 heterocycles. The van der Waals surface area contributed by atoms with Gasteiger partial charge in [-0.15, -0.1) is 0 Å². The van der Waals surface area contributed by atoms with Crippen LogP contribution in [0.4, 0.5) is 0 Å². The lowest BCUT2D eigenvalue weighted by Gasteiger charge is -2.30. The number of likely N-dealkylation sites (N-methyl/N-ethyl adjacent to an activating group) is 1. The first kappa shape index (κ1) is 17.0. The zero-order valence-electron chi connectivity index (χ0n) is 14.7. The van der Waals surface area contributed by atoms with Crippen LogP contribution in [0.5, 0.6) is 11.5 Å². The summed E-state index contributed by atoms with van der Waals surface area (Å²) in [4.78, 5) is 17.2. The molecular formula is C18H26N2O4. The molecule has 2 aliphatic rings. The molecule has 1 aromatic carbocycles. The molecule has 0 N–H and O–H groups in total. The van der Waals surface area contributed by atoms with Gasteiger partial charge in [0.2, 0.25) is 5.91 Å². The van der Waals surface area contributed by atoms with E-state index in [1.165, 1.54) is 0 Å². The topological polar surface area (TPSA) is 51.2 Å². The van der Waals surface area contributed by atoms with Gasteiger partial charge in [0, 0.05) is 37.2 Å². The SMILES string of the molecule is COc1ccc(CC(=O)N2C[C@@H]3COC[C@H](C2)N(C)C3)c(OC)c1. The van der Waals surface area contributed by atoms with E-state index < -0.39 is 0 Å². The summed E-state index contributed by atoms with van der Waals surface area (Å²) in [7, 11) is 5.35. The third-order valence-corrected chi connectivity index (χ3v) is 4.93. The van der Waals surface area contributed by atoms with Crippen LogP contribution < -0.4 is 9.47 Å². The van der Waals surface area contributed by atoms with E-state index in [1.807, 2.05) is 23.1 Å². The van der Waals surface area contributed by atoms with E-state index >= 15 is 0 Å². The number of nitrogens with zero attached hydrogens (tertiary/aromatic N) is 2. The highest BCUT2D eigenvalue weighted by atomic mass is 16.5. The predicted molar refractivity (Wildman–Crippen MR) is 90.6 cm³/mol. The van der Waals surface area contributed by atoms with E-state index in [2.05, 4.69) is 11.9 Å². The molecule has 0 radical (unpaired) electrons. The summed E-state index contributed by atoms with van der Waals surface area (Å²) >= 11 is 0. The van der Waals surface area contributed by atoms with Crippen LogP contribution in [0.1, 0.15) is 5.56 Å². The highest BCUT2D eigenvalue weighted by Gasteiger charge is 2.33. The third kappa shape index (κ3) is 3.65. The Hall–Kier alpha value is -1.79. The molecule has 2 bridgehead atoms. The number of carbonyl (C=O) groups excluding carboxylic acids is 1.